The van der Waals surface area contributed by atoms with Gasteiger partial charge in [0.1, 0.15) is 0 Å². The van der Waals surface area contributed by atoms with Gasteiger partial charge >= 0.3 is 6.03 Å². The number of aryl methyl sites for hydroxylation is 1. The van der Waals surface area contributed by atoms with Crippen molar-refractivity contribution in [3.8, 4) is 11.5 Å². The molecule has 202 valence electrons. The summed E-state index contributed by atoms with van der Waals surface area (Å²) in [4.78, 5) is 0. The predicted molar refractivity (Wildman–Crippen MR) is 159 cm³/mol. The number of rotatable bonds is 1. The van der Waals surface area contributed by atoms with Crippen molar-refractivity contribution in [1.82, 2.24) is 0 Å². The first-order valence-corrected chi connectivity index (χ1v) is 14.3. The average Bonchev–Trinajstić information content (AvgIpc) is 3.11. The van der Waals surface area contributed by atoms with Crippen molar-refractivity contribution in [2.45, 2.75) is 97.9 Å². The second-order valence-electron chi connectivity index (χ2n) is 14.3. The first-order valence-electron chi connectivity index (χ1n) is 14.3. The van der Waals surface area contributed by atoms with E-state index in [-0.39, 0.29) is 16.2 Å². The van der Waals surface area contributed by atoms with Crippen LogP contribution in [0.25, 0.3) is 0 Å². The van der Waals surface area contributed by atoms with Crippen molar-refractivity contribution >= 4 is 23.8 Å². The third kappa shape index (κ3) is 3.86. The fourth-order valence-corrected chi connectivity index (χ4v) is 5.84. The second kappa shape index (κ2) is 8.06. The summed E-state index contributed by atoms with van der Waals surface area (Å²) in [6.07, 6.45) is 5.34. The highest BCUT2D eigenvalue weighted by molar-refractivity contribution is 5.87. The monoisotopic (exact) mass is 522 g/mol. The molecule has 4 heteroatoms. The van der Waals surface area contributed by atoms with Crippen LogP contribution in [-0.2, 0) is 22.7 Å². The summed E-state index contributed by atoms with van der Waals surface area (Å²) in [5.74, 6) is 1.80. The molecule has 0 aliphatic carbocycles. The van der Waals surface area contributed by atoms with Gasteiger partial charge < -0.3 is 9.47 Å². The molecule has 3 heterocycles. The average molecular weight is 523 g/mol. The van der Waals surface area contributed by atoms with Crippen LogP contribution in [0.15, 0.2) is 48.5 Å². The molecular formula is C35H42N2O2+2. The molecule has 0 amide bonds. The van der Waals surface area contributed by atoms with Crippen LogP contribution in [0.4, 0.5) is 11.4 Å². The summed E-state index contributed by atoms with van der Waals surface area (Å²) in [7, 11) is 0. The fourth-order valence-electron chi connectivity index (χ4n) is 5.84. The lowest BCUT2D eigenvalue weighted by Gasteiger charge is -2.33. The zero-order valence-corrected chi connectivity index (χ0v) is 25.2. The third-order valence-electron chi connectivity index (χ3n) is 8.25. The molecule has 3 aliphatic rings. The molecule has 0 aromatic heterocycles. The largest absolute Gasteiger partial charge is 0.715 e. The smallest absolute Gasteiger partial charge is 0.340 e. The summed E-state index contributed by atoms with van der Waals surface area (Å²) in [6.45, 7) is 22.6. The van der Waals surface area contributed by atoms with Crippen LogP contribution < -0.4 is 9.47 Å². The quantitative estimate of drug-likeness (QED) is 0.302. The molecular weight excluding hydrogens is 480 g/mol. The summed E-state index contributed by atoms with van der Waals surface area (Å²) in [5.41, 5.74) is 9.27. The lowest BCUT2D eigenvalue weighted by Crippen LogP contribution is -2.59. The van der Waals surface area contributed by atoms with Crippen molar-refractivity contribution in [1.29, 1.82) is 0 Å². The van der Waals surface area contributed by atoms with Crippen LogP contribution in [0.3, 0.4) is 0 Å². The van der Waals surface area contributed by atoms with Gasteiger partial charge in [-0.2, -0.15) is 0 Å². The van der Waals surface area contributed by atoms with Crippen LogP contribution in [0.5, 0.6) is 11.5 Å². The van der Waals surface area contributed by atoms with Crippen molar-refractivity contribution in [3.63, 3.8) is 0 Å². The predicted octanol–water partition coefficient (Wildman–Crippen LogP) is 8.08. The first-order chi connectivity index (χ1) is 18.1. The molecule has 39 heavy (non-hydrogen) atoms. The Morgan fingerprint density at radius 1 is 0.641 bits per heavy atom. The van der Waals surface area contributed by atoms with Crippen LogP contribution in [0.1, 0.15) is 103 Å². The normalized spacial score (nSPS) is 19.4. The molecule has 0 radical (unpaired) electrons. The highest BCUT2D eigenvalue weighted by Crippen LogP contribution is 2.51. The van der Waals surface area contributed by atoms with E-state index in [0.29, 0.717) is 0 Å². The highest BCUT2D eigenvalue weighted by atomic mass is 16.7. The zero-order valence-electron chi connectivity index (χ0n) is 25.2. The maximum Gasteiger partial charge on any atom is 0.715 e. The molecule has 3 aromatic rings. The number of hydrogen-bond acceptors (Lipinski definition) is 2. The van der Waals surface area contributed by atoms with E-state index in [2.05, 4.69) is 139 Å². The zero-order chi connectivity index (χ0) is 28.1. The van der Waals surface area contributed by atoms with Gasteiger partial charge in [-0.25, -0.2) is 0 Å². The van der Waals surface area contributed by atoms with Gasteiger partial charge in [0.25, 0.3) is 11.4 Å². The molecule has 1 atom stereocenters. The molecule has 3 aliphatic heterocycles. The summed E-state index contributed by atoms with van der Waals surface area (Å²) in [5, 5.41) is 0. The lowest BCUT2D eigenvalue weighted by atomic mass is 9.79. The number of ether oxygens (including phenoxy) is 2. The third-order valence-corrected chi connectivity index (χ3v) is 8.25. The van der Waals surface area contributed by atoms with Gasteiger partial charge in [-0.05, 0) is 60.6 Å². The Morgan fingerprint density at radius 2 is 1.13 bits per heavy atom. The van der Waals surface area contributed by atoms with Crippen molar-refractivity contribution in [2.24, 2.45) is 0 Å². The van der Waals surface area contributed by atoms with E-state index < -0.39 is 6.03 Å². The van der Waals surface area contributed by atoms with Crippen molar-refractivity contribution in [2.75, 3.05) is 0 Å². The maximum absolute atomic E-state index is 7.18. The standard InChI is InChI=1S/C35H42N2O2/c1-11-22-16-25(32(2,3)4)17-23-20-36-28-14-12-13-15-29(28)37-21-24-18-26(33(5,6)7)19-27(34(8,9)10)31(24)39-35(36,37)38-30(22)23/h12-21H,11H2,1-10H3/q+2. The SMILES string of the molecule is CCc1cc(C(C)(C)C)cc2c1OC13Oc4c(cc(C(C)(C)C)cc4C(C)(C)C)C=[N+]1c1ccccc1[N+]3=C2. The van der Waals surface area contributed by atoms with E-state index in [1.807, 2.05) is 0 Å². The van der Waals surface area contributed by atoms with Gasteiger partial charge in [0.2, 0.25) is 0 Å². The van der Waals surface area contributed by atoms with Gasteiger partial charge in [-0.1, -0.05) is 93.5 Å². The Labute approximate surface area is 233 Å². The number of fused-ring (bicyclic) bond motifs is 5. The molecule has 1 unspecified atom stereocenters. The molecule has 4 nitrogen and oxygen atoms in total. The number of hydrogen-bond donors (Lipinski definition) is 0. The maximum atomic E-state index is 7.18. The number of benzene rings is 3. The van der Waals surface area contributed by atoms with Crippen LogP contribution >= 0.6 is 0 Å². The van der Waals surface area contributed by atoms with Gasteiger partial charge in [-0.15, -0.1) is 0 Å². The minimum atomic E-state index is -1.17. The Kier molecular flexibility index (Phi) is 5.35. The molecule has 0 N–H and O–H groups in total. The topological polar surface area (TPSA) is 24.5 Å². The van der Waals surface area contributed by atoms with Crippen LogP contribution in [0.2, 0.25) is 0 Å². The Hall–Kier alpha value is -3.40. The van der Waals surface area contributed by atoms with Gasteiger partial charge in [-0.3, -0.25) is 0 Å². The Morgan fingerprint density at radius 3 is 1.62 bits per heavy atom. The van der Waals surface area contributed by atoms with Crippen molar-refractivity contribution in [3.05, 3.63) is 81.9 Å². The van der Waals surface area contributed by atoms with Crippen LogP contribution in [0, 0.1) is 0 Å². The highest BCUT2D eigenvalue weighted by Gasteiger charge is 2.72. The fraction of sp³-hybridized carbons (Fsp3) is 0.429. The van der Waals surface area contributed by atoms with E-state index in [4.69, 9.17) is 9.47 Å². The molecule has 3 aromatic carbocycles. The molecule has 0 fully saturated rings. The van der Waals surface area contributed by atoms with Gasteiger partial charge in [0.15, 0.2) is 23.9 Å². The Balaban J connectivity index is 1.65. The second-order valence-corrected chi connectivity index (χ2v) is 14.3. The summed E-state index contributed by atoms with van der Waals surface area (Å²) in [6, 6.07) is 16.5. The first kappa shape index (κ1) is 25.9. The summed E-state index contributed by atoms with van der Waals surface area (Å²) < 4.78 is 18.6. The molecule has 0 bridgehead atoms. The van der Waals surface area contributed by atoms with E-state index in [0.717, 1.165) is 40.4 Å². The Bertz CT molecular complexity index is 1590. The van der Waals surface area contributed by atoms with Crippen LogP contribution in [-0.4, -0.2) is 27.6 Å². The van der Waals surface area contributed by atoms with Crippen molar-refractivity contribution < 1.29 is 18.6 Å². The lowest BCUT2D eigenvalue weighted by molar-refractivity contribution is -0.831. The van der Waals surface area contributed by atoms with Gasteiger partial charge in [0.05, 0.1) is 11.1 Å². The minimum absolute atomic E-state index is 0.0157. The number of nitrogens with zero attached hydrogens (tertiary/aromatic N) is 2. The van der Waals surface area contributed by atoms with E-state index in [9.17, 15) is 0 Å². The minimum Gasteiger partial charge on any atom is -0.340 e. The molecule has 0 saturated carbocycles. The summed E-state index contributed by atoms with van der Waals surface area (Å²) >= 11 is 0. The molecule has 0 saturated heterocycles. The van der Waals surface area contributed by atoms with E-state index in [1.165, 1.54) is 22.3 Å². The van der Waals surface area contributed by atoms with Gasteiger partial charge in [0, 0.05) is 17.7 Å². The van der Waals surface area contributed by atoms with E-state index >= 15 is 0 Å². The number of para-hydroxylation sites is 2. The molecule has 1 spiro atoms. The molecule has 6 rings (SSSR count). The van der Waals surface area contributed by atoms with E-state index in [1.54, 1.807) is 0 Å².